The number of ether oxygens (including phenoxy) is 1. The van der Waals surface area contributed by atoms with Crippen molar-refractivity contribution >= 4 is 22.3 Å². The lowest BCUT2D eigenvalue weighted by molar-refractivity contribution is 0.0170. The first kappa shape index (κ1) is 30.7. The van der Waals surface area contributed by atoms with Crippen LogP contribution in [0.3, 0.4) is 0 Å². The van der Waals surface area contributed by atoms with Crippen molar-refractivity contribution in [2.75, 3.05) is 44.7 Å². The van der Waals surface area contributed by atoms with E-state index in [0.717, 1.165) is 29.8 Å². The van der Waals surface area contributed by atoms with Crippen molar-refractivity contribution in [2.24, 2.45) is 5.16 Å². The average molecular weight is 631 g/mol. The number of hydrogen-bond acceptors (Lipinski definition) is 6. The summed E-state index contributed by atoms with van der Waals surface area (Å²) in [5, 5.41) is 5.09. The van der Waals surface area contributed by atoms with Crippen LogP contribution in [0.5, 0.6) is 5.75 Å². The van der Waals surface area contributed by atoms with Gasteiger partial charge in [-0.05, 0) is 26.5 Å². The van der Waals surface area contributed by atoms with Crippen LogP contribution < -0.4 is 15.1 Å². The molecule has 0 radical (unpaired) electrons. The standard InChI is InChI=1S/C39H39FN4O3/c1-4-34(41-47-39(28-14-8-5-9-15-28,29-16-10-6-11-17-29)30-18-12-7-13-19-30)32-25-44-27(2)26-46-38-35(44)31(37(32)45)24-33(40)36(38)43-22-20-42(3)21-23-43/h5-19,24-25,27H,4,20-23,26H2,1-3H3. The van der Waals surface area contributed by atoms with E-state index in [1.807, 2.05) is 121 Å². The van der Waals surface area contributed by atoms with Crippen molar-refractivity contribution in [3.8, 4) is 5.75 Å². The summed E-state index contributed by atoms with van der Waals surface area (Å²) in [6, 6.07) is 31.3. The highest BCUT2D eigenvalue weighted by Crippen LogP contribution is 2.43. The summed E-state index contributed by atoms with van der Waals surface area (Å²) in [5.74, 6) is -0.0105. The molecule has 240 valence electrons. The topological polar surface area (TPSA) is 59.3 Å². The Hall–Kier alpha value is -4.95. The maximum Gasteiger partial charge on any atom is 0.212 e. The fraction of sp³-hybridized carbons (Fsp3) is 0.282. The number of likely N-dealkylation sites (N-methyl/N-ethyl adjacent to an activating group) is 1. The fourth-order valence-corrected chi connectivity index (χ4v) is 6.85. The molecule has 0 N–H and O–H groups in total. The zero-order valence-electron chi connectivity index (χ0n) is 27.0. The number of rotatable bonds is 8. The summed E-state index contributed by atoms with van der Waals surface area (Å²) in [6.45, 7) is 7.37. The van der Waals surface area contributed by atoms with Gasteiger partial charge in [0.05, 0.1) is 28.2 Å². The Kier molecular flexibility index (Phi) is 8.28. The van der Waals surface area contributed by atoms with Gasteiger partial charge < -0.3 is 23.9 Å². The Bertz CT molecular complexity index is 1870. The molecule has 0 spiro atoms. The number of hydrogen-bond donors (Lipinski definition) is 0. The van der Waals surface area contributed by atoms with Crippen LogP contribution in [0.4, 0.5) is 10.1 Å². The van der Waals surface area contributed by atoms with Crippen LogP contribution in [-0.4, -0.2) is 55.0 Å². The van der Waals surface area contributed by atoms with Crippen molar-refractivity contribution in [3.63, 3.8) is 0 Å². The molecule has 7 rings (SSSR count). The van der Waals surface area contributed by atoms with Crippen LogP contribution in [0.1, 0.15) is 48.6 Å². The number of benzene rings is 4. The van der Waals surface area contributed by atoms with Crippen LogP contribution in [0.2, 0.25) is 0 Å². The molecule has 1 atom stereocenters. The van der Waals surface area contributed by atoms with E-state index >= 15 is 4.39 Å². The molecule has 0 bridgehead atoms. The average Bonchev–Trinajstić information content (AvgIpc) is 3.11. The number of oxime groups is 1. The second kappa shape index (κ2) is 12.7. The summed E-state index contributed by atoms with van der Waals surface area (Å²) in [6.07, 6.45) is 2.28. The third kappa shape index (κ3) is 5.36. The molecule has 5 aromatic rings. The normalized spacial score (nSPS) is 17.1. The van der Waals surface area contributed by atoms with E-state index in [0.29, 0.717) is 54.3 Å². The molecule has 47 heavy (non-hydrogen) atoms. The van der Waals surface area contributed by atoms with Gasteiger partial charge in [-0.25, -0.2) is 4.39 Å². The smallest absolute Gasteiger partial charge is 0.212 e. The lowest BCUT2D eigenvalue weighted by atomic mass is 9.80. The molecule has 0 aliphatic carbocycles. The molecule has 0 saturated carbocycles. The maximum atomic E-state index is 16.0. The van der Waals surface area contributed by atoms with E-state index in [9.17, 15) is 4.79 Å². The highest BCUT2D eigenvalue weighted by atomic mass is 19.1. The Labute approximate surface area is 274 Å². The zero-order valence-corrected chi connectivity index (χ0v) is 27.0. The van der Waals surface area contributed by atoms with Crippen molar-refractivity contribution in [3.05, 3.63) is 142 Å². The van der Waals surface area contributed by atoms with Crippen LogP contribution in [-0.2, 0) is 10.4 Å². The Morgan fingerprint density at radius 3 is 2.00 bits per heavy atom. The van der Waals surface area contributed by atoms with Crippen molar-refractivity contribution in [2.45, 2.75) is 31.9 Å². The van der Waals surface area contributed by atoms with E-state index < -0.39 is 11.4 Å². The minimum Gasteiger partial charge on any atom is -0.487 e. The summed E-state index contributed by atoms with van der Waals surface area (Å²) < 4.78 is 24.3. The van der Waals surface area contributed by atoms with Crippen LogP contribution in [0.15, 0.2) is 113 Å². The fourth-order valence-electron chi connectivity index (χ4n) is 6.85. The van der Waals surface area contributed by atoms with Crippen molar-refractivity contribution in [1.82, 2.24) is 9.47 Å². The molecule has 2 aliphatic rings. The van der Waals surface area contributed by atoms with Gasteiger partial charge in [-0.2, -0.15) is 0 Å². The minimum absolute atomic E-state index is 0.0776. The molecule has 3 heterocycles. The Morgan fingerprint density at radius 2 is 1.47 bits per heavy atom. The molecule has 1 aromatic heterocycles. The number of anilines is 1. The van der Waals surface area contributed by atoms with Gasteiger partial charge in [0, 0.05) is 49.1 Å². The van der Waals surface area contributed by atoms with Gasteiger partial charge in [-0.3, -0.25) is 4.79 Å². The third-order valence-corrected chi connectivity index (χ3v) is 9.44. The van der Waals surface area contributed by atoms with Crippen molar-refractivity contribution < 1.29 is 14.0 Å². The molecule has 2 aliphatic heterocycles. The molecule has 1 unspecified atom stereocenters. The number of halogens is 1. The monoisotopic (exact) mass is 630 g/mol. The highest BCUT2D eigenvalue weighted by molar-refractivity contribution is 6.03. The third-order valence-electron chi connectivity index (χ3n) is 9.44. The molecule has 7 nitrogen and oxygen atoms in total. The first-order valence-corrected chi connectivity index (χ1v) is 16.3. The number of nitrogens with zero attached hydrogens (tertiary/aromatic N) is 4. The first-order chi connectivity index (χ1) is 22.9. The van der Waals surface area contributed by atoms with Gasteiger partial charge in [-0.1, -0.05) is 103 Å². The van der Waals surface area contributed by atoms with E-state index in [1.165, 1.54) is 6.07 Å². The molecular weight excluding hydrogens is 591 g/mol. The summed E-state index contributed by atoms with van der Waals surface area (Å²) in [4.78, 5) is 25.3. The molecular formula is C39H39FN4O3. The van der Waals surface area contributed by atoms with E-state index in [2.05, 4.69) is 11.9 Å². The maximum absolute atomic E-state index is 16.0. The van der Waals surface area contributed by atoms with Gasteiger partial charge in [0.2, 0.25) is 5.60 Å². The van der Waals surface area contributed by atoms with E-state index in [1.54, 1.807) is 0 Å². The SMILES string of the molecule is CCC(=NOC(c1ccccc1)(c1ccccc1)c1ccccc1)c1cn2c3c(c(N4CCN(C)CC4)c(F)cc3c1=O)OCC2C. The second-order valence-electron chi connectivity index (χ2n) is 12.4. The van der Waals surface area contributed by atoms with Gasteiger partial charge in [-0.15, -0.1) is 0 Å². The molecule has 1 fully saturated rings. The molecule has 0 amide bonds. The molecule has 8 heteroatoms. The zero-order chi connectivity index (χ0) is 32.5. The van der Waals surface area contributed by atoms with Crippen molar-refractivity contribution in [1.29, 1.82) is 0 Å². The second-order valence-corrected chi connectivity index (χ2v) is 12.4. The van der Waals surface area contributed by atoms with Gasteiger partial charge in [0.25, 0.3) is 0 Å². The van der Waals surface area contributed by atoms with E-state index in [-0.39, 0.29) is 16.9 Å². The number of aromatic nitrogens is 1. The van der Waals surface area contributed by atoms with E-state index in [4.69, 9.17) is 14.7 Å². The predicted molar refractivity (Wildman–Crippen MR) is 185 cm³/mol. The lowest BCUT2D eigenvalue weighted by Gasteiger charge is -2.37. The predicted octanol–water partition coefficient (Wildman–Crippen LogP) is 6.97. The Morgan fingerprint density at radius 1 is 0.915 bits per heavy atom. The molecule has 1 saturated heterocycles. The number of pyridine rings is 1. The summed E-state index contributed by atoms with van der Waals surface area (Å²) >= 11 is 0. The van der Waals surface area contributed by atoms with Crippen LogP contribution in [0.25, 0.3) is 10.9 Å². The lowest BCUT2D eigenvalue weighted by Crippen LogP contribution is -2.45. The van der Waals surface area contributed by atoms with Gasteiger partial charge in [0.15, 0.2) is 17.0 Å². The van der Waals surface area contributed by atoms with Crippen LogP contribution >= 0.6 is 0 Å². The Balaban J connectivity index is 1.40. The minimum atomic E-state index is -1.09. The van der Waals surface area contributed by atoms with Crippen LogP contribution in [0, 0.1) is 5.82 Å². The summed E-state index contributed by atoms with van der Waals surface area (Å²) in [7, 11) is 2.07. The summed E-state index contributed by atoms with van der Waals surface area (Å²) in [5.41, 5.74) is 3.23. The molecule has 4 aromatic carbocycles. The van der Waals surface area contributed by atoms with Gasteiger partial charge in [0.1, 0.15) is 12.3 Å². The first-order valence-electron chi connectivity index (χ1n) is 16.3. The number of piperazine rings is 1. The largest absolute Gasteiger partial charge is 0.487 e. The highest BCUT2D eigenvalue weighted by Gasteiger charge is 2.40. The van der Waals surface area contributed by atoms with Gasteiger partial charge >= 0.3 is 0 Å². The quantitative estimate of drug-likeness (QED) is 0.105.